The summed E-state index contributed by atoms with van der Waals surface area (Å²) in [5.74, 6) is 0.652. The number of amides is 1. The molecule has 1 atom stereocenters. The third kappa shape index (κ3) is 4.94. The van der Waals surface area contributed by atoms with Gasteiger partial charge in [-0.1, -0.05) is 24.3 Å². The summed E-state index contributed by atoms with van der Waals surface area (Å²) in [6.07, 6.45) is 10.3. The van der Waals surface area contributed by atoms with E-state index in [4.69, 9.17) is 0 Å². The summed E-state index contributed by atoms with van der Waals surface area (Å²) in [6.45, 7) is 4.29. The first-order chi connectivity index (χ1) is 20.4. The molecule has 4 aromatic rings. The summed E-state index contributed by atoms with van der Waals surface area (Å²) < 4.78 is 0. The molecule has 1 unspecified atom stereocenters. The molecule has 42 heavy (non-hydrogen) atoms. The standard InChI is InChI=1S/C35H37N5O2/c1-22-15-29(24-4-5-24)30(28-10-13-37-32(22)28)21-40-14-11-35(16-23(17-35)19-36)18-31(40)25-6-8-26(9-7-25)33(41)39-20-27-3-2-12-38-34(27)42/h2-3,6-10,12-13,15,23-24,31,37H,4-5,11,14,16-18,20-21H2,1H3,(H,38,42)(H,39,41). The van der Waals surface area contributed by atoms with Gasteiger partial charge < -0.3 is 15.3 Å². The normalized spacial score (nSPS) is 23.9. The van der Waals surface area contributed by atoms with Crippen molar-refractivity contribution in [1.82, 2.24) is 20.2 Å². The monoisotopic (exact) mass is 559 g/mol. The molecule has 3 N–H and O–H groups in total. The Morgan fingerprint density at radius 2 is 1.90 bits per heavy atom. The van der Waals surface area contributed by atoms with Gasteiger partial charge >= 0.3 is 0 Å². The first-order valence-electron chi connectivity index (χ1n) is 15.2. The second-order valence-corrected chi connectivity index (χ2v) is 12.8. The van der Waals surface area contributed by atoms with Gasteiger partial charge in [0.1, 0.15) is 0 Å². The van der Waals surface area contributed by atoms with E-state index in [1.54, 1.807) is 18.3 Å². The summed E-state index contributed by atoms with van der Waals surface area (Å²) in [5.41, 5.74) is 7.89. The topological polar surface area (TPSA) is 105 Å². The smallest absolute Gasteiger partial charge is 0.252 e. The molecular weight excluding hydrogens is 522 g/mol. The van der Waals surface area contributed by atoms with Crippen LogP contribution in [0, 0.1) is 29.6 Å². The highest BCUT2D eigenvalue weighted by molar-refractivity contribution is 5.94. The van der Waals surface area contributed by atoms with Crippen molar-refractivity contribution in [1.29, 1.82) is 5.26 Å². The first kappa shape index (κ1) is 26.7. The molecule has 1 spiro atoms. The molecule has 1 amide bonds. The van der Waals surface area contributed by atoms with Crippen LogP contribution in [0.15, 0.2) is 65.7 Å². The van der Waals surface area contributed by atoms with Gasteiger partial charge in [0.2, 0.25) is 0 Å². The van der Waals surface area contributed by atoms with Crippen LogP contribution >= 0.6 is 0 Å². The molecular formula is C35H37N5O2. The van der Waals surface area contributed by atoms with Gasteiger partial charge in [0.15, 0.2) is 0 Å². The van der Waals surface area contributed by atoms with Crippen molar-refractivity contribution in [3.05, 3.63) is 105 Å². The molecule has 7 nitrogen and oxygen atoms in total. The highest BCUT2D eigenvalue weighted by atomic mass is 16.1. The number of nitriles is 1. The lowest BCUT2D eigenvalue weighted by Gasteiger charge is -2.53. The quantitative estimate of drug-likeness (QED) is 0.250. The highest BCUT2D eigenvalue weighted by Crippen LogP contribution is 2.57. The number of hydrogen-bond donors (Lipinski definition) is 3. The molecule has 2 aliphatic carbocycles. The predicted molar refractivity (Wildman–Crippen MR) is 163 cm³/mol. The van der Waals surface area contributed by atoms with Crippen LogP contribution in [0.25, 0.3) is 10.9 Å². The van der Waals surface area contributed by atoms with E-state index in [9.17, 15) is 14.9 Å². The molecule has 7 heteroatoms. The average molecular weight is 560 g/mol. The van der Waals surface area contributed by atoms with Crippen LogP contribution in [0.4, 0.5) is 0 Å². The summed E-state index contributed by atoms with van der Waals surface area (Å²) in [4.78, 5) is 33.7. The Bertz CT molecular complexity index is 1730. The Labute approximate surface area is 246 Å². The number of H-pyrrole nitrogens is 2. The number of nitrogens with zero attached hydrogens (tertiary/aromatic N) is 2. The fraction of sp³-hybridized carbons (Fsp3) is 0.400. The molecule has 2 aromatic heterocycles. The Morgan fingerprint density at radius 1 is 1.10 bits per heavy atom. The number of nitrogens with one attached hydrogen (secondary N) is 3. The largest absolute Gasteiger partial charge is 0.361 e. The number of likely N-dealkylation sites (tertiary alicyclic amines) is 1. The Morgan fingerprint density at radius 3 is 2.64 bits per heavy atom. The fourth-order valence-corrected chi connectivity index (χ4v) is 7.51. The van der Waals surface area contributed by atoms with Gasteiger partial charge in [-0.25, -0.2) is 0 Å². The van der Waals surface area contributed by atoms with Gasteiger partial charge in [-0.05, 0) is 110 Å². The number of pyridine rings is 1. The van der Waals surface area contributed by atoms with Crippen molar-refractivity contribution in [2.24, 2.45) is 11.3 Å². The average Bonchev–Trinajstić information content (AvgIpc) is 3.72. The lowest BCUT2D eigenvalue weighted by atomic mass is 9.56. The van der Waals surface area contributed by atoms with E-state index < -0.39 is 0 Å². The molecule has 2 saturated carbocycles. The molecule has 214 valence electrons. The van der Waals surface area contributed by atoms with Crippen molar-refractivity contribution in [3.8, 4) is 6.07 Å². The van der Waals surface area contributed by atoms with Crippen LogP contribution < -0.4 is 10.9 Å². The fourth-order valence-electron chi connectivity index (χ4n) is 7.51. The molecule has 3 fully saturated rings. The molecule has 0 radical (unpaired) electrons. The third-order valence-electron chi connectivity index (χ3n) is 10.00. The molecule has 2 aromatic carbocycles. The van der Waals surface area contributed by atoms with Crippen molar-refractivity contribution in [2.75, 3.05) is 6.54 Å². The van der Waals surface area contributed by atoms with E-state index in [0.717, 1.165) is 38.8 Å². The number of fused-ring (bicyclic) bond motifs is 1. The van der Waals surface area contributed by atoms with E-state index in [2.05, 4.69) is 63.6 Å². The maximum absolute atomic E-state index is 12.9. The van der Waals surface area contributed by atoms with Crippen LogP contribution in [0.2, 0.25) is 0 Å². The van der Waals surface area contributed by atoms with Crippen LogP contribution in [0.1, 0.15) is 88.7 Å². The Hall–Kier alpha value is -4.15. The van der Waals surface area contributed by atoms with E-state index in [1.807, 2.05) is 12.1 Å². The van der Waals surface area contributed by atoms with Crippen LogP contribution in [-0.2, 0) is 13.1 Å². The SMILES string of the molecule is Cc1cc(C2CC2)c(CN2CCC3(CC(C#N)C3)CC2c2ccc(C(=O)NCc3ccc[nH]c3=O)cc2)c2cc[nH]c12. The second kappa shape index (κ2) is 10.6. The molecule has 3 aliphatic rings. The lowest BCUT2D eigenvalue weighted by molar-refractivity contribution is -0.0297. The van der Waals surface area contributed by atoms with Crippen molar-refractivity contribution < 1.29 is 4.79 Å². The number of piperidine rings is 1. The number of hydrogen-bond acceptors (Lipinski definition) is 4. The van der Waals surface area contributed by atoms with Crippen LogP contribution in [0.3, 0.4) is 0 Å². The minimum Gasteiger partial charge on any atom is -0.361 e. The number of carbonyl (C=O) groups is 1. The van der Waals surface area contributed by atoms with Gasteiger partial charge in [-0.15, -0.1) is 0 Å². The number of aromatic amines is 2. The predicted octanol–water partition coefficient (Wildman–Crippen LogP) is 6.23. The van der Waals surface area contributed by atoms with E-state index in [1.165, 1.54) is 46.0 Å². The first-order valence-corrected chi connectivity index (χ1v) is 15.2. The maximum atomic E-state index is 12.9. The number of aromatic nitrogens is 2. The van der Waals surface area contributed by atoms with Crippen molar-refractivity contribution in [3.63, 3.8) is 0 Å². The second-order valence-electron chi connectivity index (χ2n) is 12.8. The molecule has 0 bridgehead atoms. The minimum atomic E-state index is -0.193. The van der Waals surface area contributed by atoms with Crippen LogP contribution in [0.5, 0.6) is 0 Å². The van der Waals surface area contributed by atoms with E-state index >= 15 is 0 Å². The number of carbonyl (C=O) groups excluding carboxylic acids is 1. The molecule has 7 rings (SSSR count). The summed E-state index contributed by atoms with van der Waals surface area (Å²) in [5, 5.41) is 13.7. The van der Waals surface area contributed by atoms with E-state index in [-0.39, 0.29) is 35.4 Å². The zero-order valence-electron chi connectivity index (χ0n) is 24.1. The van der Waals surface area contributed by atoms with Gasteiger partial charge in [-0.3, -0.25) is 14.5 Å². The minimum absolute atomic E-state index is 0.179. The van der Waals surface area contributed by atoms with Gasteiger partial charge in [0.25, 0.3) is 11.5 Å². The van der Waals surface area contributed by atoms with Crippen LogP contribution in [-0.4, -0.2) is 27.3 Å². The number of aryl methyl sites for hydroxylation is 1. The maximum Gasteiger partial charge on any atom is 0.252 e. The lowest BCUT2D eigenvalue weighted by Crippen LogP contribution is -2.48. The third-order valence-corrected chi connectivity index (χ3v) is 10.00. The zero-order chi connectivity index (χ0) is 28.8. The zero-order valence-corrected chi connectivity index (χ0v) is 24.1. The van der Waals surface area contributed by atoms with Crippen molar-refractivity contribution in [2.45, 2.75) is 70.5 Å². The van der Waals surface area contributed by atoms with E-state index in [0.29, 0.717) is 17.0 Å². The van der Waals surface area contributed by atoms with Crippen molar-refractivity contribution >= 4 is 16.8 Å². The highest BCUT2D eigenvalue weighted by Gasteiger charge is 2.49. The molecule has 3 heterocycles. The Balaban J connectivity index is 1.15. The molecule has 1 aliphatic heterocycles. The Kier molecular flexibility index (Phi) is 6.74. The summed E-state index contributed by atoms with van der Waals surface area (Å²) in [7, 11) is 0. The van der Waals surface area contributed by atoms with Gasteiger partial charge in [0.05, 0.1) is 6.07 Å². The summed E-state index contributed by atoms with van der Waals surface area (Å²) in [6, 6.07) is 18.9. The summed E-state index contributed by atoms with van der Waals surface area (Å²) >= 11 is 0. The molecule has 1 saturated heterocycles. The van der Waals surface area contributed by atoms with Gasteiger partial charge in [0, 0.05) is 59.5 Å². The number of rotatable bonds is 7. The number of benzene rings is 2. The van der Waals surface area contributed by atoms with Gasteiger partial charge in [-0.2, -0.15) is 5.26 Å².